The van der Waals surface area contributed by atoms with Gasteiger partial charge in [0.15, 0.2) is 0 Å². The highest BCUT2D eigenvalue weighted by atomic mass is 16.5. The maximum absolute atomic E-state index is 13.8. The minimum absolute atomic E-state index is 0.103. The van der Waals surface area contributed by atoms with E-state index in [-0.39, 0.29) is 35.7 Å². The Labute approximate surface area is 367 Å². The number of hydrogen-bond donors (Lipinski definition) is 4. The van der Waals surface area contributed by atoms with E-state index in [4.69, 9.17) is 19.4 Å². The molecular formula is C49H58N8O6. The summed E-state index contributed by atoms with van der Waals surface area (Å²) in [5, 5.41) is 5.46. The average Bonchev–Trinajstić information content (AvgIpc) is 3.95. The minimum atomic E-state index is -0.687. The third-order valence-electron chi connectivity index (χ3n) is 13.9. The molecule has 9 rings (SSSR count). The van der Waals surface area contributed by atoms with Crippen LogP contribution in [-0.2, 0) is 31.9 Å². The summed E-state index contributed by atoms with van der Waals surface area (Å²) in [6, 6.07) is 17.9. The van der Waals surface area contributed by atoms with Gasteiger partial charge in [-0.25, -0.2) is 19.6 Å². The molecule has 63 heavy (non-hydrogen) atoms. The Morgan fingerprint density at radius 1 is 0.698 bits per heavy atom. The fourth-order valence-corrected chi connectivity index (χ4v) is 10.2. The average molecular weight is 855 g/mol. The van der Waals surface area contributed by atoms with Gasteiger partial charge >= 0.3 is 12.2 Å². The molecule has 3 aromatic carbocycles. The summed E-state index contributed by atoms with van der Waals surface area (Å²) in [5.41, 5.74) is 11.8. The van der Waals surface area contributed by atoms with E-state index in [1.807, 2.05) is 43.7 Å². The zero-order valence-electron chi connectivity index (χ0n) is 37.0. The van der Waals surface area contributed by atoms with E-state index in [0.29, 0.717) is 18.5 Å². The Morgan fingerprint density at radius 3 is 1.76 bits per heavy atom. The highest BCUT2D eigenvalue weighted by Crippen LogP contribution is 2.58. The number of aromatic nitrogens is 4. The lowest BCUT2D eigenvalue weighted by molar-refractivity contribution is -0.136. The van der Waals surface area contributed by atoms with E-state index in [9.17, 15) is 19.2 Å². The molecule has 5 aromatic rings. The molecule has 2 aliphatic heterocycles. The zero-order chi connectivity index (χ0) is 44.2. The molecule has 2 saturated heterocycles. The van der Waals surface area contributed by atoms with Gasteiger partial charge in [-0.2, -0.15) is 0 Å². The topological polar surface area (TPSA) is 175 Å². The van der Waals surface area contributed by atoms with Crippen LogP contribution in [0.15, 0.2) is 60.8 Å². The van der Waals surface area contributed by atoms with Crippen LogP contribution in [0.2, 0.25) is 0 Å². The number of carbonyl (C=O) groups is 4. The normalized spacial score (nSPS) is 19.7. The second kappa shape index (κ2) is 16.8. The monoisotopic (exact) mass is 854 g/mol. The van der Waals surface area contributed by atoms with Gasteiger partial charge in [0.05, 0.1) is 49.2 Å². The number of nitrogens with zero attached hydrogens (tertiary/aromatic N) is 4. The number of benzene rings is 3. The molecule has 2 aromatic heterocycles. The number of amides is 4. The number of H-pyrrole nitrogens is 2. The predicted molar refractivity (Wildman–Crippen MR) is 239 cm³/mol. The van der Waals surface area contributed by atoms with Crippen LogP contribution in [0.3, 0.4) is 0 Å². The summed E-state index contributed by atoms with van der Waals surface area (Å²) < 4.78 is 9.61. The largest absolute Gasteiger partial charge is 0.453 e. The molecule has 4 heterocycles. The van der Waals surface area contributed by atoms with Gasteiger partial charge in [-0.1, -0.05) is 70.2 Å². The Hall–Kier alpha value is -6.18. The number of alkyl carbamates (subject to hydrolysis) is 2. The molecule has 4 amide bonds. The number of ether oxygens (including phenoxy) is 2. The smallest absolute Gasteiger partial charge is 0.407 e. The number of likely N-dealkylation sites (tertiary alicyclic amines) is 2. The molecule has 4 N–H and O–H groups in total. The number of hydrogen-bond acceptors (Lipinski definition) is 8. The first-order valence-corrected chi connectivity index (χ1v) is 22.5. The van der Waals surface area contributed by atoms with Crippen molar-refractivity contribution in [1.29, 1.82) is 0 Å². The predicted octanol–water partition coefficient (Wildman–Crippen LogP) is 8.25. The van der Waals surface area contributed by atoms with Gasteiger partial charge < -0.3 is 39.9 Å². The molecule has 2 aliphatic carbocycles. The van der Waals surface area contributed by atoms with Gasteiger partial charge in [-0.05, 0) is 120 Å². The van der Waals surface area contributed by atoms with Gasteiger partial charge in [0.25, 0.3) is 0 Å². The van der Waals surface area contributed by atoms with Crippen molar-refractivity contribution in [3.63, 3.8) is 0 Å². The number of nitrogens with one attached hydrogen (secondary N) is 4. The highest BCUT2D eigenvalue weighted by molar-refractivity contribution is 5.88. The summed E-state index contributed by atoms with van der Waals surface area (Å²) in [6.07, 6.45) is 8.55. The Kier molecular flexibility index (Phi) is 11.3. The van der Waals surface area contributed by atoms with E-state index < -0.39 is 24.3 Å². The van der Waals surface area contributed by atoms with Crippen LogP contribution in [0.5, 0.6) is 0 Å². The van der Waals surface area contributed by atoms with Crippen molar-refractivity contribution in [2.45, 2.75) is 103 Å². The molecule has 14 heteroatoms. The van der Waals surface area contributed by atoms with E-state index in [1.165, 1.54) is 54.9 Å². The fourth-order valence-electron chi connectivity index (χ4n) is 10.2. The van der Waals surface area contributed by atoms with Crippen molar-refractivity contribution < 1.29 is 28.7 Å². The summed E-state index contributed by atoms with van der Waals surface area (Å²) in [5.74, 6) is 1.05. The Balaban J connectivity index is 0.944. The number of rotatable bonds is 11. The van der Waals surface area contributed by atoms with Crippen molar-refractivity contribution >= 4 is 35.0 Å². The van der Waals surface area contributed by atoms with Gasteiger partial charge in [-0.3, -0.25) is 9.59 Å². The molecule has 14 nitrogen and oxygen atoms in total. The maximum atomic E-state index is 13.8. The van der Waals surface area contributed by atoms with Gasteiger partial charge in [-0.15, -0.1) is 0 Å². The van der Waals surface area contributed by atoms with Crippen molar-refractivity contribution in [2.75, 3.05) is 27.3 Å². The summed E-state index contributed by atoms with van der Waals surface area (Å²) in [7, 11) is 2.61. The Bertz CT molecular complexity index is 2560. The SMILES string of the molecule is COC(=O)N[C@H](C(=O)N1CCC[C@H]1c1ncc(-c2ccc(-c3ccc(-c4ccc5nc([C@@H]6CCCN6C(=O)[C@@H](NC(=O)OC)C(C)C)[nH]c5c4)c4c3CC3(CC3)C4)cc2)[nH]1)C(C)C. The molecule has 4 atom stereocenters. The number of fused-ring (bicyclic) bond motifs is 2. The number of carbonyl (C=O) groups excluding carboxylic acids is 4. The van der Waals surface area contributed by atoms with Crippen molar-refractivity contribution in [3.8, 4) is 33.5 Å². The van der Waals surface area contributed by atoms with Crippen LogP contribution in [0.1, 0.15) is 101 Å². The van der Waals surface area contributed by atoms with Crippen molar-refractivity contribution in [1.82, 2.24) is 40.4 Å². The molecule has 1 spiro atoms. The van der Waals surface area contributed by atoms with E-state index in [1.54, 1.807) is 0 Å². The quantitative estimate of drug-likeness (QED) is 0.103. The molecule has 0 unspecified atom stereocenters. The maximum Gasteiger partial charge on any atom is 0.407 e. The third-order valence-corrected chi connectivity index (χ3v) is 13.9. The number of imidazole rings is 2. The third kappa shape index (κ3) is 8.04. The van der Waals surface area contributed by atoms with Crippen molar-refractivity contribution in [2.24, 2.45) is 17.3 Å². The zero-order valence-corrected chi connectivity index (χ0v) is 37.0. The van der Waals surface area contributed by atoms with Crippen LogP contribution in [0.4, 0.5) is 9.59 Å². The molecule has 0 bridgehead atoms. The first-order valence-electron chi connectivity index (χ1n) is 22.5. The van der Waals surface area contributed by atoms with Crippen LogP contribution < -0.4 is 10.6 Å². The second-order valence-corrected chi connectivity index (χ2v) is 18.7. The summed E-state index contributed by atoms with van der Waals surface area (Å²) >= 11 is 0. The molecule has 4 aliphatic rings. The van der Waals surface area contributed by atoms with E-state index in [0.717, 1.165) is 78.0 Å². The second-order valence-electron chi connectivity index (χ2n) is 18.7. The van der Waals surface area contributed by atoms with Gasteiger partial charge in [0.1, 0.15) is 23.7 Å². The molecule has 3 fully saturated rings. The Morgan fingerprint density at radius 2 is 1.22 bits per heavy atom. The van der Waals surface area contributed by atoms with Gasteiger partial charge in [0.2, 0.25) is 11.8 Å². The lowest BCUT2D eigenvalue weighted by atomic mass is 9.90. The fraction of sp³-hybridized carbons (Fsp3) is 0.469. The van der Waals surface area contributed by atoms with Crippen LogP contribution in [0.25, 0.3) is 44.5 Å². The van der Waals surface area contributed by atoms with Gasteiger partial charge in [0, 0.05) is 13.1 Å². The summed E-state index contributed by atoms with van der Waals surface area (Å²) in [6.45, 7) is 8.88. The minimum Gasteiger partial charge on any atom is -0.453 e. The number of methoxy groups -OCH3 is 2. The van der Waals surface area contributed by atoms with Crippen LogP contribution in [-0.4, -0.2) is 93.1 Å². The van der Waals surface area contributed by atoms with E-state index in [2.05, 4.69) is 75.2 Å². The lowest BCUT2D eigenvalue weighted by Gasteiger charge is -2.30. The molecule has 330 valence electrons. The molecule has 1 saturated carbocycles. The lowest BCUT2D eigenvalue weighted by Crippen LogP contribution is -2.51. The highest BCUT2D eigenvalue weighted by Gasteiger charge is 2.48. The first kappa shape index (κ1) is 42.1. The first-order chi connectivity index (χ1) is 30.4. The van der Waals surface area contributed by atoms with Crippen molar-refractivity contribution in [3.05, 3.63) is 83.6 Å². The van der Waals surface area contributed by atoms with Crippen LogP contribution in [0, 0.1) is 17.3 Å². The number of aromatic amines is 2. The summed E-state index contributed by atoms with van der Waals surface area (Å²) in [4.78, 5) is 72.1. The molecular weight excluding hydrogens is 797 g/mol. The van der Waals surface area contributed by atoms with Crippen LogP contribution >= 0.6 is 0 Å². The standard InChI is InChI=1S/C49H58N8O6/c1-27(2)41(54-47(60)62-5)45(58)56-21-7-9-39(56)43-50-26-38(53-43)30-13-11-29(12-14-30)32-16-17-33(35-25-49(19-20-49)24-34(32)35)31-15-18-36-37(23-31)52-44(51-36)40-10-8-22-57(40)46(59)42(28(3)4)55-48(61)63-6/h11-18,23,26-28,39-42H,7-10,19-22,24-25H2,1-6H3,(H,50,53)(H,51,52)(H,54,60)(H,55,61)/t39-,40-,41-,42-/m0/s1. The van der Waals surface area contributed by atoms with E-state index >= 15 is 0 Å². The molecule has 0 radical (unpaired) electrons.